The second-order valence-electron chi connectivity index (χ2n) is 4.58. The third kappa shape index (κ3) is 3.15. The van der Waals surface area contributed by atoms with Crippen LogP contribution in [0.15, 0.2) is 48.7 Å². The SMILES string of the molecule is C=C(C)Nc1ccc(-c2cc(C)ccc2Cl)c(F)c1. The smallest absolute Gasteiger partial charge is 0.133 e. The summed E-state index contributed by atoms with van der Waals surface area (Å²) in [5.74, 6) is -0.307. The van der Waals surface area contributed by atoms with Crippen molar-refractivity contribution in [2.24, 2.45) is 0 Å². The molecule has 1 N–H and O–H groups in total. The Balaban J connectivity index is 2.46. The first-order valence-corrected chi connectivity index (χ1v) is 6.34. The van der Waals surface area contributed by atoms with Crippen LogP contribution in [-0.2, 0) is 0 Å². The summed E-state index contributed by atoms with van der Waals surface area (Å²) in [6, 6.07) is 10.6. The van der Waals surface area contributed by atoms with Gasteiger partial charge in [0.05, 0.1) is 0 Å². The van der Waals surface area contributed by atoms with Crippen LogP contribution in [0.3, 0.4) is 0 Å². The van der Waals surface area contributed by atoms with E-state index in [-0.39, 0.29) is 5.82 Å². The number of rotatable bonds is 3. The van der Waals surface area contributed by atoms with E-state index in [2.05, 4.69) is 11.9 Å². The van der Waals surface area contributed by atoms with E-state index in [9.17, 15) is 4.39 Å². The van der Waals surface area contributed by atoms with Crippen molar-refractivity contribution in [1.29, 1.82) is 0 Å². The summed E-state index contributed by atoms with van der Waals surface area (Å²) in [6.45, 7) is 7.51. The topological polar surface area (TPSA) is 12.0 Å². The van der Waals surface area contributed by atoms with Gasteiger partial charge in [0.15, 0.2) is 0 Å². The van der Waals surface area contributed by atoms with E-state index in [0.717, 1.165) is 11.3 Å². The lowest BCUT2D eigenvalue weighted by Crippen LogP contribution is -1.95. The molecule has 0 heterocycles. The molecule has 2 aromatic rings. The summed E-state index contributed by atoms with van der Waals surface area (Å²) in [6.07, 6.45) is 0. The highest BCUT2D eigenvalue weighted by Crippen LogP contribution is 2.32. The van der Waals surface area contributed by atoms with Gasteiger partial charge in [-0.15, -0.1) is 0 Å². The molecule has 0 saturated carbocycles. The first-order valence-electron chi connectivity index (χ1n) is 5.96. The number of benzene rings is 2. The Hall–Kier alpha value is -1.80. The number of hydrogen-bond donors (Lipinski definition) is 1. The lowest BCUT2D eigenvalue weighted by atomic mass is 10.0. The van der Waals surface area contributed by atoms with Crippen molar-refractivity contribution in [3.05, 3.63) is 65.1 Å². The summed E-state index contributed by atoms with van der Waals surface area (Å²) in [5.41, 5.74) is 3.70. The molecule has 0 aliphatic carbocycles. The summed E-state index contributed by atoms with van der Waals surface area (Å²) < 4.78 is 14.2. The summed E-state index contributed by atoms with van der Waals surface area (Å²) in [4.78, 5) is 0. The fraction of sp³-hybridized carbons (Fsp3) is 0.125. The van der Waals surface area contributed by atoms with E-state index < -0.39 is 0 Å². The number of allylic oxidation sites excluding steroid dienone is 1. The Kier molecular flexibility index (Phi) is 3.91. The van der Waals surface area contributed by atoms with Crippen LogP contribution < -0.4 is 5.32 Å². The average Bonchev–Trinajstić information content (AvgIpc) is 2.32. The van der Waals surface area contributed by atoms with E-state index in [1.165, 1.54) is 6.07 Å². The van der Waals surface area contributed by atoms with E-state index in [4.69, 9.17) is 11.6 Å². The molecule has 1 nitrogen and oxygen atoms in total. The first-order chi connectivity index (χ1) is 8.97. The predicted molar refractivity (Wildman–Crippen MR) is 80.0 cm³/mol. The molecular formula is C16H15ClFN. The van der Waals surface area contributed by atoms with Crippen LogP contribution in [0.5, 0.6) is 0 Å². The molecular weight excluding hydrogens is 261 g/mol. The van der Waals surface area contributed by atoms with Crippen LogP contribution in [0.25, 0.3) is 11.1 Å². The molecule has 2 aromatic carbocycles. The molecule has 0 bridgehead atoms. The van der Waals surface area contributed by atoms with Crippen molar-refractivity contribution >= 4 is 17.3 Å². The Labute approximate surface area is 117 Å². The Morgan fingerprint density at radius 3 is 2.53 bits per heavy atom. The zero-order chi connectivity index (χ0) is 14.0. The average molecular weight is 276 g/mol. The van der Waals surface area contributed by atoms with E-state index >= 15 is 0 Å². The molecule has 0 radical (unpaired) electrons. The van der Waals surface area contributed by atoms with Crippen molar-refractivity contribution in [3.63, 3.8) is 0 Å². The van der Waals surface area contributed by atoms with Crippen LogP contribution in [0.1, 0.15) is 12.5 Å². The summed E-state index contributed by atoms with van der Waals surface area (Å²) in [7, 11) is 0. The monoisotopic (exact) mass is 275 g/mol. The van der Waals surface area contributed by atoms with Crippen molar-refractivity contribution < 1.29 is 4.39 Å². The molecule has 0 saturated heterocycles. The van der Waals surface area contributed by atoms with Crippen LogP contribution in [0, 0.1) is 12.7 Å². The normalized spacial score (nSPS) is 10.3. The van der Waals surface area contributed by atoms with E-state index in [0.29, 0.717) is 21.8 Å². The van der Waals surface area contributed by atoms with E-state index in [1.807, 2.05) is 32.0 Å². The number of hydrogen-bond acceptors (Lipinski definition) is 1. The first kappa shape index (κ1) is 13.6. The maximum absolute atomic E-state index is 14.2. The predicted octanol–water partition coefficient (Wildman–Crippen LogP) is 5.40. The van der Waals surface area contributed by atoms with Gasteiger partial charge in [0.25, 0.3) is 0 Å². The molecule has 0 amide bonds. The highest BCUT2D eigenvalue weighted by Gasteiger charge is 2.10. The van der Waals surface area contributed by atoms with Gasteiger partial charge in [-0.3, -0.25) is 0 Å². The van der Waals surface area contributed by atoms with Gasteiger partial charge in [0, 0.05) is 27.5 Å². The molecule has 0 unspecified atom stereocenters. The van der Waals surface area contributed by atoms with Gasteiger partial charge in [-0.1, -0.05) is 29.8 Å². The fourth-order valence-corrected chi connectivity index (χ4v) is 2.12. The third-order valence-corrected chi connectivity index (χ3v) is 3.07. The molecule has 0 atom stereocenters. The zero-order valence-electron chi connectivity index (χ0n) is 10.9. The van der Waals surface area contributed by atoms with Crippen molar-refractivity contribution in [3.8, 4) is 11.1 Å². The second kappa shape index (κ2) is 5.45. The number of aryl methyl sites for hydroxylation is 1. The standard InChI is InChI=1S/C16H15ClFN/c1-10(2)19-12-5-6-13(16(18)9-12)14-8-11(3)4-7-15(14)17/h4-9,19H,1H2,2-3H3. The second-order valence-corrected chi connectivity index (χ2v) is 4.99. The fourth-order valence-electron chi connectivity index (χ4n) is 1.90. The lowest BCUT2D eigenvalue weighted by molar-refractivity contribution is 0.632. The molecule has 3 heteroatoms. The van der Waals surface area contributed by atoms with Gasteiger partial charge in [0.2, 0.25) is 0 Å². The van der Waals surface area contributed by atoms with Crippen molar-refractivity contribution in [2.75, 3.05) is 5.32 Å². The Morgan fingerprint density at radius 2 is 1.89 bits per heavy atom. The van der Waals surface area contributed by atoms with Crippen LogP contribution >= 0.6 is 11.6 Å². The minimum Gasteiger partial charge on any atom is -0.360 e. The maximum atomic E-state index is 14.2. The molecule has 98 valence electrons. The molecule has 0 aliphatic heterocycles. The summed E-state index contributed by atoms with van der Waals surface area (Å²) in [5, 5.41) is 3.53. The number of halogens is 2. The van der Waals surface area contributed by atoms with Crippen molar-refractivity contribution in [1.82, 2.24) is 0 Å². The molecule has 0 aliphatic rings. The largest absolute Gasteiger partial charge is 0.360 e. The quantitative estimate of drug-likeness (QED) is 0.791. The Bertz CT molecular complexity index is 635. The minimum atomic E-state index is -0.307. The lowest BCUT2D eigenvalue weighted by Gasteiger charge is -2.10. The van der Waals surface area contributed by atoms with E-state index in [1.54, 1.807) is 12.1 Å². The molecule has 0 fully saturated rings. The van der Waals surface area contributed by atoms with Gasteiger partial charge in [0.1, 0.15) is 5.82 Å². The number of anilines is 1. The highest BCUT2D eigenvalue weighted by molar-refractivity contribution is 6.33. The van der Waals surface area contributed by atoms with Gasteiger partial charge >= 0.3 is 0 Å². The van der Waals surface area contributed by atoms with Gasteiger partial charge in [-0.2, -0.15) is 0 Å². The zero-order valence-corrected chi connectivity index (χ0v) is 11.7. The summed E-state index contributed by atoms with van der Waals surface area (Å²) >= 11 is 6.13. The molecule has 0 spiro atoms. The number of nitrogens with one attached hydrogen (secondary N) is 1. The van der Waals surface area contributed by atoms with Gasteiger partial charge in [-0.25, -0.2) is 4.39 Å². The van der Waals surface area contributed by atoms with Gasteiger partial charge < -0.3 is 5.32 Å². The molecule has 0 aromatic heterocycles. The van der Waals surface area contributed by atoms with Crippen molar-refractivity contribution in [2.45, 2.75) is 13.8 Å². The van der Waals surface area contributed by atoms with Crippen LogP contribution in [0.2, 0.25) is 5.02 Å². The molecule has 2 rings (SSSR count). The van der Waals surface area contributed by atoms with Gasteiger partial charge in [-0.05, 0) is 44.2 Å². The van der Waals surface area contributed by atoms with Crippen LogP contribution in [0.4, 0.5) is 10.1 Å². The maximum Gasteiger partial charge on any atom is 0.133 e. The van der Waals surface area contributed by atoms with Crippen LogP contribution in [-0.4, -0.2) is 0 Å². The highest BCUT2D eigenvalue weighted by atomic mass is 35.5. The minimum absolute atomic E-state index is 0.307. The Morgan fingerprint density at radius 1 is 1.16 bits per heavy atom. The third-order valence-electron chi connectivity index (χ3n) is 2.74. The molecule has 19 heavy (non-hydrogen) atoms.